The van der Waals surface area contributed by atoms with E-state index in [1.54, 1.807) is 0 Å². The molecule has 1 fully saturated rings. The first-order valence-corrected chi connectivity index (χ1v) is 8.76. The molecule has 1 aromatic rings. The molecule has 0 spiro atoms. The van der Waals surface area contributed by atoms with E-state index in [0.717, 1.165) is 17.4 Å². The minimum absolute atomic E-state index is 0.176. The molecule has 0 bridgehead atoms. The molecule has 0 aliphatic heterocycles. The van der Waals surface area contributed by atoms with E-state index in [9.17, 15) is 5.11 Å². The highest BCUT2D eigenvalue weighted by molar-refractivity contribution is 7.99. The number of aliphatic hydroxyl groups excluding tert-OH is 1. The lowest BCUT2D eigenvalue weighted by Crippen LogP contribution is -2.15. The molecular formula is C17H24OS. The number of aliphatic hydroxyl groups is 1. The van der Waals surface area contributed by atoms with E-state index in [2.05, 4.69) is 18.2 Å². The third kappa shape index (κ3) is 3.55. The summed E-state index contributed by atoms with van der Waals surface area (Å²) in [6.45, 7) is 0. The number of aryl methyl sites for hydroxylation is 2. The van der Waals surface area contributed by atoms with E-state index < -0.39 is 0 Å². The summed E-state index contributed by atoms with van der Waals surface area (Å²) in [5, 5.41) is 11.0. The Labute approximate surface area is 120 Å². The molecule has 1 N–H and O–H groups in total. The number of fused-ring (bicyclic) bond motifs is 1. The maximum Gasteiger partial charge on any atom is 0.0670 e. The molecule has 0 amide bonds. The smallest absolute Gasteiger partial charge is 0.0670 e. The highest BCUT2D eigenvalue weighted by Crippen LogP contribution is 2.30. The Hall–Kier alpha value is -0.470. The van der Waals surface area contributed by atoms with Crippen molar-refractivity contribution in [3.8, 4) is 0 Å². The van der Waals surface area contributed by atoms with Gasteiger partial charge in [-0.3, -0.25) is 0 Å². The predicted octanol–water partition coefficient (Wildman–Crippen LogP) is 3.75. The molecule has 0 heterocycles. The van der Waals surface area contributed by atoms with Crippen LogP contribution in [0.2, 0.25) is 0 Å². The van der Waals surface area contributed by atoms with Crippen LogP contribution < -0.4 is 0 Å². The largest absolute Gasteiger partial charge is 0.392 e. The lowest BCUT2D eigenvalue weighted by molar-refractivity contribution is 0.200. The molecule has 1 aromatic carbocycles. The quantitative estimate of drug-likeness (QED) is 0.884. The number of thioether (sulfide) groups is 1. The minimum atomic E-state index is -0.176. The normalized spacial score (nSPS) is 20.7. The first kappa shape index (κ1) is 13.5. The maximum absolute atomic E-state index is 10.2. The second-order valence-electron chi connectivity index (χ2n) is 6.05. The molecule has 1 unspecified atom stereocenters. The van der Waals surface area contributed by atoms with Crippen molar-refractivity contribution >= 4 is 11.8 Å². The zero-order valence-electron chi connectivity index (χ0n) is 11.6. The monoisotopic (exact) mass is 276 g/mol. The van der Waals surface area contributed by atoms with Crippen LogP contribution in [0.25, 0.3) is 0 Å². The molecule has 2 aliphatic carbocycles. The molecule has 1 nitrogen and oxygen atoms in total. The summed E-state index contributed by atoms with van der Waals surface area (Å²) in [4.78, 5) is 0. The Balaban J connectivity index is 1.49. The SMILES string of the molecule is OC(CSC1CCCC1)Cc1ccc2c(c1)CCC2. The Kier molecular flexibility index (Phi) is 4.49. The van der Waals surface area contributed by atoms with E-state index in [1.807, 2.05) is 11.8 Å². The Morgan fingerprint density at radius 3 is 2.74 bits per heavy atom. The molecule has 0 saturated heterocycles. The number of hydrogen-bond acceptors (Lipinski definition) is 2. The van der Waals surface area contributed by atoms with Crippen molar-refractivity contribution in [1.29, 1.82) is 0 Å². The Morgan fingerprint density at radius 2 is 1.89 bits per heavy atom. The number of benzene rings is 1. The summed E-state index contributed by atoms with van der Waals surface area (Å²) < 4.78 is 0. The van der Waals surface area contributed by atoms with Crippen molar-refractivity contribution in [2.75, 3.05) is 5.75 Å². The van der Waals surface area contributed by atoms with Gasteiger partial charge in [0.2, 0.25) is 0 Å². The van der Waals surface area contributed by atoms with Crippen LogP contribution in [0.5, 0.6) is 0 Å². The van der Waals surface area contributed by atoms with Gasteiger partial charge in [0.1, 0.15) is 0 Å². The maximum atomic E-state index is 10.2. The van der Waals surface area contributed by atoms with Gasteiger partial charge >= 0.3 is 0 Å². The third-order valence-corrected chi connectivity index (χ3v) is 5.98. The van der Waals surface area contributed by atoms with Crippen molar-refractivity contribution in [1.82, 2.24) is 0 Å². The summed E-state index contributed by atoms with van der Waals surface area (Å²) in [6, 6.07) is 6.81. The van der Waals surface area contributed by atoms with E-state index in [0.29, 0.717) is 0 Å². The van der Waals surface area contributed by atoms with Gasteiger partial charge in [-0.25, -0.2) is 0 Å². The molecule has 19 heavy (non-hydrogen) atoms. The van der Waals surface area contributed by atoms with Crippen molar-refractivity contribution < 1.29 is 5.11 Å². The standard InChI is InChI=1S/C17H24OS/c18-16(12-19-17-6-1-2-7-17)11-13-8-9-14-4-3-5-15(14)10-13/h8-10,16-18H,1-7,11-12H2. The Morgan fingerprint density at radius 1 is 1.11 bits per heavy atom. The zero-order valence-corrected chi connectivity index (χ0v) is 12.4. The van der Waals surface area contributed by atoms with E-state index in [-0.39, 0.29) is 6.10 Å². The Bertz CT molecular complexity index is 423. The molecule has 0 aromatic heterocycles. The average molecular weight is 276 g/mol. The van der Waals surface area contributed by atoms with Crippen LogP contribution in [-0.4, -0.2) is 22.2 Å². The molecule has 2 aliphatic rings. The van der Waals surface area contributed by atoms with E-state index in [4.69, 9.17) is 0 Å². The summed E-state index contributed by atoms with van der Waals surface area (Å²) in [7, 11) is 0. The van der Waals surface area contributed by atoms with E-state index in [1.165, 1.54) is 61.6 Å². The van der Waals surface area contributed by atoms with E-state index >= 15 is 0 Å². The minimum Gasteiger partial charge on any atom is -0.392 e. The van der Waals surface area contributed by atoms with Gasteiger partial charge in [0, 0.05) is 11.0 Å². The van der Waals surface area contributed by atoms with Crippen molar-refractivity contribution in [2.24, 2.45) is 0 Å². The number of rotatable bonds is 5. The van der Waals surface area contributed by atoms with Gasteiger partial charge in [0.25, 0.3) is 0 Å². The topological polar surface area (TPSA) is 20.2 Å². The second-order valence-corrected chi connectivity index (χ2v) is 7.39. The third-order valence-electron chi connectivity index (χ3n) is 4.46. The first-order chi connectivity index (χ1) is 9.31. The van der Waals surface area contributed by atoms with Gasteiger partial charge in [-0.05, 0) is 55.2 Å². The fourth-order valence-corrected chi connectivity index (χ4v) is 4.66. The van der Waals surface area contributed by atoms with Gasteiger partial charge in [-0.1, -0.05) is 31.0 Å². The summed E-state index contributed by atoms with van der Waals surface area (Å²) in [6.07, 6.45) is 9.92. The summed E-state index contributed by atoms with van der Waals surface area (Å²) >= 11 is 1.99. The van der Waals surface area contributed by atoms with Crippen LogP contribution >= 0.6 is 11.8 Å². The zero-order chi connectivity index (χ0) is 13.1. The lowest BCUT2D eigenvalue weighted by atomic mass is 10.0. The molecule has 3 rings (SSSR count). The molecule has 1 atom stereocenters. The van der Waals surface area contributed by atoms with Crippen LogP contribution in [-0.2, 0) is 19.3 Å². The predicted molar refractivity (Wildman–Crippen MR) is 82.9 cm³/mol. The number of hydrogen-bond donors (Lipinski definition) is 1. The molecular weight excluding hydrogens is 252 g/mol. The van der Waals surface area contributed by atoms with Gasteiger partial charge in [-0.15, -0.1) is 0 Å². The first-order valence-electron chi connectivity index (χ1n) is 7.71. The van der Waals surface area contributed by atoms with Gasteiger partial charge in [-0.2, -0.15) is 11.8 Å². The van der Waals surface area contributed by atoms with Crippen molar-refractivity contribution in [3.05, 3.63) is 34.9 Å². The van der Waals surface area contributed by atoms with Crippen LogP contribution in [0.3, 0.4) is 0 Å². The van der Waals surface area contributed by atoms with Crippen LogP contribution in [0.1, 0.15) is 48.8 Å². The van der Waals surface area contributed by atoms with Crippen molar-refractivity contribution in [3.63, 3.8) is 0 Å². The molecule has 0 radical (unpaired) electrons. The average Bonchev–Trinajstić information content (AvgIpc) is 3.07. The van der Waals surface area contributed by atoms with Crippen LogP contribution in [0.15, 0.2) is 18.2 Å². The molecule has 2 heteroatoms. The summed E-state index contributed by atoms with van der Waals surface area (Å²) in [5.41, 5.74) is 4.37. The van der Waals surface area contributed by atoms with Gasteiger partial charge in [0.05, 0.1) is 6.10 Å². The van der Waals surface area contributed by atoms with Gasteiger partial charge in [0.15, 0.2) is 0 Å². The fraction of sp³-hybridized carbons (Fsp3) is 0.647. The highest BCUT2D eigenvalue weighted by Gasteiger charge is 2.17. The molecule has 1 saturated carbocycles. The van der Waals surface area contributed by atoms with Crippen molar-refractivity contribution in [2.45, 2.75) is 62.7 Å². The van der Waals surface area contributed by atoms with Gasteiger partial charge < -0.3 is 5.11 Å². The van der Waals surface area contributed by atoms with Crippen LogP contribution in [0, 0.1) is 0 Å². The lowest BCUT2D eigenvalue weighted by Gasteiger charge is -2.14. The van der Waals surface area contributed by atoms with Crippen LogP contribution in [0.4, 0.5) is 0 Å². The fourth-order valence-electron chi connectivity index (χ4n) is 3.39. The molecule has 104 valence electrons. The second kappa shape index (κ2) is 6.32. The summed E-state index contributed by atoms with van der Waals surface area (Å²) in [5.74, 6) is 0.905. The highest BCUT2D eigenvalue weighted by atomic mass is 32.2.